The second-order valence-electron chi connectivity index (χ2n) is 5.17. The number of nitrogens with zero attached hydrogens (tertiary/aromatic N) is 2. The van der Waals surface area contributed by atoms with Crippen LogP contribution in [0.4, 0.5) is 16.2 Å². The van der Waals surface area contributed by atoms with Crippen LogP contribution in [0, 0.1) is 0 Å². The summed E-state index contributed by atoms with van der Waals surface area (Å²) in [7, 11) is 0. The van der Waals surface area contributed by atoms with Crippen LogP contribution in [0.25, 0.3) is 0 Å². The van der Waals surface area contributed by atoms with Gasteiger partial charge >= 0.3 is 6.03 Å². The van der Waals surface area contributed by atoms with E-state index in [-0.39, 0.29) is 18.5 Å². The highest BCUT2D eigenvalue weighted by Crippen LogP contribution is 2.34. The lowest BCUT2D eigenvalue weighted by atomic mass is 10.2. The third-order valence-electron chi connectivity index (χ3n) is 3.58. The Morgan fingerprint density at radius 2 is 2.33 bits per heavy atom. The van der Waals surface area contributed by atoms with Gasteiger partial charge in [0.2, 0.25) is 0 Å². The molecule has 0 radical (unpaired) electrons. The molecule has 0 bridgehead atoms. The summed E-state index contributed by atoms with van der Waals surface area (Å²) in [5.41, 5.74) is 1.34. The quantitative estimate of drug-likeness (QED) is 0.870. The molecule has 126 valence electrons. The van der Waals surface area contributed by atoms with Crippen LogP contribution in [0.15, 0.2) is 29.8 Å². The molecule has 1 aliphatic rings. The van der Waals surface area contributed by atoms with Crippen molar-refractivity contribution in [1.82, 2.24) is 10.3 Å². The molecule has 1 aromatic heterocycles. The second kappa shape index (κ2) is 7.31. The number of anilines is 2. The smallest absolute Gasteiger partial charge is 0.319 e. The van der Waals surface area contributed by atoms with Crippen molar-refractivity contribution in [2.45, 2.75) is 13.3 Å². The number of fused-ring (bicyclic) bond motifs is 1. The monoisotopic (exact) mass is 346 g/mol. The Balaban J connectivity index is 1.57. The predicted molar refractivity (Wildman–Crippen MR) is 92.8 cm³/mol. The molecule has 8 heteroatoms. The van der Waals surface area contributed by atoms with Gasteiger partial charge in [0.1, 0.15) is 5.75 Å². The fourth-order valence-corrected chi connectivity index (χ4v) is 3.08. The van der Waals surface area contributed by atoms with E-state index in [1.807, 2.05) is 12.3 Å². The minimum absolute atomic E-state index is 0.0182. The highest BCUT2D eigenvalue weighted by molar-refractivity contribution is 7.09. The molecule has 2 aromatic rings. The number of ether oxygens (including phenoxy) is 1. The topological polar surface area (TPSA) is 83.6 Å². The number of hydrogen-bond acceptors (Lipinski definition) is 5. The van der Waals surface area contributed by atoms with E-state index in [1.54, 1.807) is 40.6 Å². The van der Waals surface area contributed by atoms with Crippen LogP contribution in [-0.2, 0) is 11.2 Å². The van der Waals surface area contributed by atoms with Crippen LogP contribution in [0.1, 0.15) is 11.9 Å². The summed E-state index contributed by atoms with van der Waals surface area (Å²) >= 11 is 1.56. The Bertz CT molecular complexity index is 733. The third kappa shape index (κ3) is 3.65. The molecule has 3 amide bonds. The number of hydrogen-bond donors (Lipinski definition) is 2. The van der Waals surface area contributed by atoms with E-state index in [4.69, 9.17) is 4.74 Å². The van der Waals surface area contributed by atoms with Crippen LogP contribution < -0.4 is 20.3 Å². The minimum Gasteiger partial charge on any atom is -0.481 e. The number of amides is 3. The van der Waals surface area contributed by atoms with Crippen molar-refractivity contribution in [1.29, 1.82) is 0 Å². The first kappa shape index (κ1) is 16.3. The third-order valence-corrected chi connectivity index (χ3v) is 4.42. The minimum atomic E-state index is -0.286. The number of rotatable bonds is 5. The number of carbonyl (C=O) groups is 2. The van der Waals surface area contributed by atoms with Crippen LogP contribution in [0.5, 0.6) is 5.75 Å². The van der Waals surface area contributed by atoms with E-state index < -0.39 is 0 Å². The van der Waals surface area contributed by atoms with Crippen LogP contribution in [0.3, 0.4) is 0 Å². The van der Waals surface area contributed by atoms with E-state index in [0.29, 0.717) is 30.9 Å². The van der Waals surface area contributed by atoms with Gasteiger partial charge in [-0.2, -0.15) is 0 Å². The number of carbonyl (C=O) groups excluding carboxylic acids is 2. The lowest BCUT2D eigenvalue weighted by Crippen LogP contribution is -2.38. The summed E-state index contributed by atoms with van der Waals surface area (Å²) in [6.07, 6.45) is 2.45. The normalized spacial score (nSPS) is 13.2. The van der Waals surface area contributed by atoms with Crippen molar-refractivity contribution in [3.8, 4) is 5.75 Å². The van der Waals surface area contributed by atoms with Gasteiger partial charge in [0, 0.05) is 42.8 Å². The van der Waals surface area contributed by atoms with Crippen LogP contribution in [-0.4, -0.2) is 36.6 Å². The maximum Gasteiger partial charge on any atom is 0.319 e. The predicted octanol–water partition coefficient (Wildman–Crippen LogP) is 2.25. The lowest BCUT2D eigenvalue weighted by molar-refractivity contribution is -0.121. The Morgan fingerprint density at radius 1 is 1.46 bits per heavy atom. The molecule has 24 heavy (non-hydrogen) atoms. The van der Waals surface area contributed by atoms with Gasteiger partial charge in [-0.3, -0.25) is 4.79 Å². The van der Waals surface area contributed by atoms with Gasteiger partial charge in [-0.05, 0) is 19.1 Å². The maximum atomic E-state index is 11.9. The zero-order valence-electron chi connectivity index (χ0n) is 13.2. The number of aromatic nitrogens is 1. The summed E-state index contributed by atoms with van der Waals surface area (Å²) in [5, 5.41) is 8.45. The zero-order valence-corrected chi connectivity index (χ0v) is 14.1. The molecule has 0 saturated heterocycles. The van der Waals surface area contributed by atoms with Gasteiger partial charge < -0.3 is 20.3 Å². The molecule has 2 N–H and O–H groups in total. The van der Waals surface area contributed by atoms with E-state index in [0.717, 1.165) is 10.7 Å². The van der Waals surface area contributed by atoms with Crippen molar-refractivity contribution in [3.05, 3.63) is 34.8 Å². The highest BCUT2D eigenvalue weighted by atomic mass is 32.1. The molecule has 0 aliphatic carbocycles. The van der Waals surface area contributed by atoms with Gasteiger partial charge in [0.15, 0.2) is 6.61 Å². The first-order chi connectivity index (χ1) is 11.7. The molecule has 0 spiro atoms. The molecular formula is C16H18N4O3S. The van der Waals surface area contributed by atoms with Crippen molar-refractivity contribution < 1.29 is 14.3 Å². The Kier molecular flexibility index (Phi) is 4.95. The molecule has 0 unspecified atom stereocenters. The summed E-state index contributed by atoms with van der Waals surface area (Å²) in [5.74, 6) is 0.530. The number of benzene rings is 1. The lowest BCUT2D eigenvalue weighted by Gasteiger charge is -2.28. The Morgan fingerprint density at radius 3 is 3.08 bits per heavy atom. The fraction of sp³-hybridized carbons (Fsp3) is 0.312. The number of likely N-dealkylation sites (N-methyl/N-ethyl adjacent to an activating group) is 1. The summed E-state index contributed by atoms with van der Waals surface area (Å²) in [6.45, 7) is 3.03. The first-order valence-electron chi connectivity index (χ1n) is 7.68. The second-order valence-corrected chi connectivity index (χ2v) is 6.15. The van der Waals surface area contributed by atoms with Gasteiger partial charge in [-0.1, -0.05) is 0 Å². The summed E-state index contributed by atoms with van der Waals surface area (Å²) < 4.78 is 5.45. The van der Waals surface area contributed by atoms with E-state index in [2.05, 4.69) is 15.6 Å². The average molecular weight is 346 g/mol. The SMILES string of the molecule is CCN1C(=O)COc2cc(NC(=O)NCCc3nccs3)ccc21. The molecule has 3 rings (SSSR count). The molecule has 7 nitrogen and oxygen atoms in total. The molecule has 1 aromatic carbocycles. The van der Waals surface area contributed by atoms with Crippen molar-refractivity contribution in [2.75, 3.05) is 29.9 Å². The van der Waals surface area contributed by atoms with Crippen LogP contribution >= 0.6 is 11.3 Å². The van der Waals surface area contributed by atoms with E-state index in [1.165, 1.54) is 0 Å². The fourth-order valence-electron chi connectivity index (χ4n) is 2.46. The van der Waals surface area contributed by atoms with Gasteiger partial charge in [-0.25, -0.2) is 9.78 Å². The molecule has 1 aliphatic heterocycles. The zero-order chi connectivity index (χ0) is 16.9. The highest BCUT2D eigenvalue weighted by Gasteiger charge is 2.24. The molecule has 0 atom stereocenters. The van der Waals surface area contributed by atoms with Crippen molar-refractivity contribution in [2.24, 2.45) is 0 Å². The van der Waals surface area contributed by atoms with Crippen molar-refractivity contribution >= 4 is 34.6 Å². The van der Waals surface area contributed by atoms with Gasteiger partial charge in [-0.15, -0.1) is 11.3 Å². The van der Waals surface area contributed by atoms with Gasteiger partial charge in [0.05, 0.1) is 10.7 Å². The molecular weight excluding hydrogens is 328 g/mol. The maximum absolute atomic E-state index is 11.9. The molecule has 2 heterocycles. The number of thiazole rings is 1. The standard InChI is InChI=1S/C16H18N4O3S/c1-2-20-12-4-3-11(9-13(12)23-10-15(20)21)19-16(22)18-6-5-14-17-7-8-24-14/h3-4,7-9H,2,5-6,10H2,1H3,(H2,18,19,22). The number of urea groups is 1. The largest absolute Gasteiger partial charge is 0.481 e. The first-order valence-corrected chi connectivity index (χ1v) is 8.55. The number of nitrogens with one attached hydrogen (secondary N) is 2. The van der Waals surface area contributed by atoms with E-state index >= 15 is 0 Å². The van der Waals surface area contributed by atoms with E-state index in [9.17, 15) is 9.59 Å². The average Bonchev–Trinajstić information content (AvgIpc) is 3.08. The van der Waals surface area contributed by atoms with Crippen molar-refractivity contribution in [3.63, 3.8) is 0 Å². The Labute approximate surface area is 143 Å². The summed E-state index contributed by atoms with van der Waals surface area (Å²) in [4.78, 5) is 29.5. The summed E-state index contributed by atoms with van der Waals surface area (Å²) in [6, 6.07) is 4.97. The van der Waals surface area contributed by atoms with Crippen LogP contribution in [0.2, 0.25) is 0 Å². The van der Waals surface area contributed by atoms with Gasteiger partial charge in [0.25, 0.3) is 5.91 Å². The molecule has 0 fully saturated rings. The Hall–Kier alpha value is -2.61. The molecule has 0 saturated carbocycles.